The maximum absolute atomic E-state index is 4.69. The second-order valence-electron chi connectivity index (χ2n) is 6.23. The largest absolute Gasteiger partial charge is 0.306 e. The Morgan fingerprint density at radius 2 is 1.32 bits per heavy atom. The fourth-order valence-corrected chi connectivity index (χ4v) is 3.28. The minimum atomic E-state index is 0.969. The van der Waals surface area contributed by atoms with Crippen molar-refractivity contribution >= 4 is 16.4 Å². The van der Waals surface area contributed by atoms with Crippen LogP contribution in [0.15, 0.2) is 97.3 Å². The molecule has 0 aliphatic rings. The second kappa shape index (κ2) is 5.60. The minimum Gasteiger partial charge on any atom is -0.306 e. The smallest absolute Gasteiger partial charge is 0.137 e. The molecule has 0 aliphatic carbocycles. The summed E-state index contributed by atoms with van der Waals surface area (Å²) in [6.45, 7) is 0. The Bertz CT molecular complexity index is 1150. The normalized spacial score (nSPS) is 11.2. The Kier molecular flexibility index (Phi) is 3.14. The van der Waals surface area contributed by atoms with E-state index >= 15 is 0 Å². The number of fused-ring (bicyclic) bond motifs is 2. The second-order valence-corrected chi connectivity index (χ2v) is 6.23. The van der Waals surface area contributed by atoms with Gasteiger partial charge in [0.2, 0.25) is 0 Å². The fourth-order valence-electron chi connectivity index (χ4n) is 3.28. The lowest BCUT2D eigenvalue weighted by molar-refractivity contribution is 1.19. The van der Waals surface area contributed by atoms with Gasteiger partial charge in [0.05, 0.1) is 5.69 Å². The molecule has 0 spiro atoms. The van der Waals surface area contributed by atoms with E-state index in [-0.39, 0.29) is 0 Å². The molecule has 0 amide bonds. The van der Waals surface area contributed by atoms with E-state index in [2.05, 4.69) is 77.9 Å². The van der Waals surface area contributed by atoms with Gasteiger partial charge in [0.15, 0.2) is 0 Å². The summed E-state index contributed by atoms with van der Waals surface area (Å²) in [6, 6.07) is 29.7. The molecule has 2 aromatic heterocycles. The van der Waals surface area contributed by atoms with Crippen molar-refractivity contribution in [1.29, 1.82) is 0 Å². The molecular weight excluding hydrogens is 304 g/mol. The van der Waals surface area contributed by atoms with E-state index < -0.39 is 0 Å². The van der Waals surface area contributed by atoms with Crippen LogP contribution in [-0.2, 0) is 0 Å². The Morgan fingerprint density at radius 1 is 0.600 bits per heavy atom. The van der Waals surface area contributed by atoms with E-state index in [0.29, 0.717) is 0 Å². The molecule has 25 heavy (non-hydrogen) atoms. The zero-order valence-corrected chi connectivity index (χ0v) is 13.6. The van der Waals surface area contributed by atoms with Crippen LogP contribution in [0.3, 0.4) is 0 Å². The number of imidazole rings is 1. The van der Waals surface area contributed by atoms with Crippen molar-refractivity contribution in [2.24, 2.45) is 0 Å². The van der Waals surface area contributed by atoms with Gasteiger partial charge in [0.1, 0.15) is 5.65 Å². The van der Waals surface area contributed by atoms with E-state index in [1.54, 1.807) is 0 Å². The number of hydrogen-bond donors (Lipinski definition) is 0. The zero-order valence-electron chi connectivity index (χ0n) is 13.6. The Hall–Kier alpha value is -3.39. The fraction of sp³-hybridized carbons (Fsp3) is 0. The van der Waals surface area contributed by atoms with Gasteiger partial charge in [-0.15, -0.1) is 0 Å². The van der Waals surface area contributed by atoms with E-state index in [1.807, 2.05) is 28.8 Å². The molecule has 0 saturated carbocycles. The van der Waals surface area contributed by atoms with E-state index in [0.717, 1.165) is 16.9 Å². The standard InChI is InChI=1S/C23H16N2/c1-2-6-20-15-21(13-10-17(20)5-1)18-8-11-19(12-9-18)22-16-25-14-4-3-7-23(25)24-22/h1-16H. The average Bonchev–Trinajstić information content (AvgIpc) is 3.12. The van der Waals surface area contributed by atoms with Crippen LogP contribution in [-0.4, -0.2) is 9.38 Å². The highest BCUT2D eigenvalue weighted by Gasteiger charge is 2.05. The molecule has 2 nitrogen and oxygen atoms in total. The van der Waals surface area contributed by atoms with Crippen LogP contribution < -0.4 is 0 Å². The van der Waals surface area contributed by atoms with Gasteiger partial charge in [-0.1, -0.05) is 66.7 Å². The first-order chi connectivity index (χ1) is 12.4. The predicted octanol–water partition coefficient (Wildman–Crippen LogP) is 5.82. The third-order valence-corrected chi connectivity index (χ3v) is 4.63. The lowest BCUT2D eigenvalue weighted by Gasteiger charge is -2.05. The first-order valence-corrected chi connectivity index (χ1v) is 8.40. The average molecular weight is 320 g/mol. The third kappa shape index (κ3) is 2.48. The van der Waals surface area contributed by atoms with Crippen LogP contribution in [0.1, 0.15) is 0 Å². The summed E-state index contributed by atoms with van der Waals surface area (Å²) in [4.78, 5) is 4.69. The molecule has 118 valence electrons. The van der Waals surface area contributed by atoms with Crippen LogP contribution in [0, 0.1) is 0 Å². The highest BCUT2D eigenvalue weighted by molar-refractivity contribution is 5.87. The summed E-state index contributed by atoms with van der Waals surface area (Å²) >= 11 is 0. The molecule has 0 radical (unpaired) electrons. The van der Waals surface area contributed by atoms with Crippen LogP contribution in [0.5, 0.6) is 0 Å². The molecular formula is C23H16N2. The van der Waals surface area contributed by atoms with Crippen molar-refractivity contribution in [1.82, 2.24) is 9.38 Å². The Morgan fingerprint density at radius 3 is 2.16 bits per heavy atom. The van der Waals surface area contributed by atoms with Crippen molar-refractivity contribution in [3.8, 4) is 22.4 Å². The molecule has 2 heteroatoms. The summed E-state index contributed by atoms with van der Waals surface area (Å²) in [5.41, 5.74) is 5.55. The lowest BCUT2D eigenvalue weighted by Crippen LogP contribution is -1.81. The van der Waals surface area contributed by atoms with Crippen molar-refractivity contribution in [3.05, 3.63) is 97.3 Å². The van der Waals surface area contributed by atoms with Crippen LogP contribution >= 0.6 is 0 Å². The van der Waals surface area contributed by atoms with Gasteiger partial charge >= 0.3 is 0 Å². The van der Waals surface area contributed by atoms with Crippen molar-refractivity contribution in [3.63, 3.8) is 0 Å². The number of benzene rings is 3. The Labute approximate surface area is 146 Å². The number of hydrogen-bond acceptors (Lipinski definition) is 1. The molecule has 0 bridgehead atoms. The highest BCUT2D eigenvalue weighted by Crippen LogP contribution is 2.27. The van der Waals surface area contributed by atoms with Gasteiger partial charge in [-0.2, -0.15) is 0 Å². The summed E-state index contributed by atoms with van der Waals surface area (Å²) in [7, 11) is 0. The van der Waals surface area contributed by atoms with Gasteiger partial charge in [-0.3, -0.25) is 0 Å². The molecule has 5 rings (SSSR count). The summed E-state index contributed by atoms with van der Waals surface area (Å²) in [5, 5.41) is 2.54. The SMILES string of the molecule is c1ccc2cc(-c3ccc(-c4cn5ccccc5n4)cc3)ccc2c1. The first kappa shape index (κ1) is 14.0. The van der Waals surface area contributed by atoms with Gasteiger partial charge in [0.25, 0.3) is 0 Å². The summed E-state index contributed by atoms with van der Waals surface area (Å²) in [5.74, 6) is 0. The van der Waals surface area contributed by atoms with E-state index in [9.17, 15) is 0 Å². The molecule has 0 saturated heterocycles. The molecule has 0 fully saturated rings. The predicted molar refractivity (Wildman–Crippen MR) is 104 cm³/mol. The van der Waals surface area contributed by atoms with Gasteiger partial charge < -0.3 is 4.40 Å². The van der Waals surface area contributed by atoms with Gasteiger partial charge in [-0.05, 0) is 40.1 Å². The van der Waals surface area contributed by atoms with Crippen LogP contribution in [0.2, 0.25) is 0 Å². The minimum absolute atomic E-state index is 0.969. The molecule has 0 N–H and O–H groups in total. The molecule has 3 aromatic carbocycles. The first-order valence-electron chi connectivity index (χ1n) is 8.40. The lowest BCUT2D eigenvalue weighted by atomic mass is 10.00. The van der Waals surface area contributed by atoms with Gasteiger partial charge in [-0.25, -0.2) is 4.98 Å². The summed E-state index contributed by atoms with van der Waals surface area (Å²) < 4.78 is 2.05. The zero-order chi connectivity index (χ0) is 16.6. The number of pyridine rings is 1. The van der Waals surface area contributed by atoms with E-state index in [4.69, 9.17) is 0 Å². The van der Waals surface area contributed by atoms with Crippen molar-refractivity contribution < 1.29 is 0 Å². The van der Waals surface area contributed by atoms with Crippen molar-refractivity contribution in [2.75, 3.05) is 0 Å². The van der Waals surface area contributed by atoms with Crippen LogP contribution in [0.4, 0.5) is 0 Å². The molecule has 0 aliphatic heterocycles. The van der Waals surface area contributed by atoms with Crippen LogP contribution in [0.25, 0.3) is 38.8 Å². The third-order valence-electron chi connectivity index (χ3n) is 4.63. The van der Waals surface area contributed by atoms with E-state index in [1.165, 1.54) is 21.9 Å². The maximum atomic E-state index is 4.69. The Balaban J connectivity index is 1.53. The maximum Gasteiger partial charge on any atom is 0.137 e. The van der Waals surface area contributed by atoms with Gasteiger partial charge in [0, 0.05) is 18.0 Å². The summed E-state index contributed by atoms with van der Waals surface area (Å²) in [6.07, 6.45) is 4.09. The molecule has 0 atom stereocenters. The molecule has 0 unspecified atom stereocenters. The highest BCUT2D eigenvalue weighted by atomic mass is 15.0. The number of rotatable bonds is 2. The number of nitrogens with zero attached hydrogens (tertiary/aromatic N) is 2. The quantitative estimate of drug-likeness (QED) is 0.400. The topological polar surface area (TPSA) is 17.3 Å². The van der Waals surface area contributed by atoms with Crippen molar-refractivity contribution in [2.45, 2.75) is 0 Å². The monoisotopic (exact) mass is 320 g/mol. The number of aromatic nitrogens is 2. The molecule has 5 aromatic rings. The molecule has 2 heterocycles.